The van der Waals surface area contributed by atoms with Gasteiger partial charge in [0, 0.05) is 11.7 Å². The lowest BCUT2D eigenvalue weighted by Gasteiger charge is -2.19. The molecule has 1 aromatic rings. The maximum Gasteiger partial charge on any atom is 0.238 e. The Kier molecular flexibility index (Phi) is 3.48. The molecular weight excluding hydrogens is 247 g/mol. The van der Waals surface area contributed by atoms with E-state index in [-0.39, 0.29) is 30.4 Å². The van der Waals surface area contributed by atoms with Crippen molar-refractivity contribution < 1.29 is 13.9 Å². The average Bonchev–Trinajstić information content (AvgIpc) is 3.01. The predicted molar refractivity (Wildman–Crippen MR) is 69.3 cm³/mol. The van der Waals surface area contributed by atoms with E-state index in [2.05, 4.69) is 10.6 Å². The average molecular weight is 264 g/mol. The zero-order chi connectivity index (χ0) is 13.2. The molecule has 0 saturated carbocycles. The monoisotopic (exact) mass is 264 g/mol. The molecule has 4 nitrogen and oxygen atoms in total. The van der Waals surface area contributed by atoms with E-state index in [9.17, 15) is 9.18 Å². The quantitative estimate of drug-likeness (QED) is 0.870. The molecule has 3 unspecified atom stereocenters. The number of nitrogens with one attached hydrogen (secondary N) is 2. The molecule has 2 bridgehead atoms. The Bertz CT molecular complexity index is 463. The van der Waals surface area contributed by atoms with Crippen LogP contribution >= 0.6 is 0 Å². The van der Waals surface area contributed by atoms with E-state index in [0.29, 0.717) is 11.8 Å². The van der Waals surface area contributed by atoms with E-state index in [0.717, 1.165) is 19.3 Å². The van der Waals surface area contributed by atoms with Crippen LogP contribution < -0.4 is 10.6 Å². The Morgan fingerprint density at radius 1 is 1.32 bits per heavy atom. The molecule has 2 fully saturated rings. The number of rotatable bonds is 4. The molecule has 5 heteroatoms. The van der Waals surface area contributed by atoms with Crippen LogP contribution in [0.2, 0.25) is 0 Å². The van der Waals surface area contributed by atoms with Crippen molar-refractivity contribution >= 4 is 11.6 Å². The highest BCUT2D eigenvalue weighted by atomic mass is 19.1. The van der Waals surface area contributed by atoms with Crippen molar-refractivity contribution in [1.82, 2.24) is 5.32 Å². The molecule has 102 valence electrons. The standard InChI is InChI=1S/C14H17FN2O2/c15-9-1-3-10(4-2-9)17-14(18)8-16-12-7-11-5-6-13(12)19-11/h1-4,11-13,16H,5-8H2,(H,17,18). The second-order valence-electron chi connectivity index (χ2n) is 5.15. The first kappa shape index (κ1) is 12.6. The number of hydrogen-bond donors (Lipinski definition) is 2. The molecule has 19 heavy (non-hydrogen) atoms. The number of carbonyl (C=O) groups is 1. The van der Waals surface area contributed by atoms with Crippen LogP contribution in [-0.2, 0) is 9.53 Å². The minimum Gasteiger partial charge on any atom is -0.373 e. The number of hydrogen-bond acceptors (Lipinski definition) is 3. The molecule has 0 aromatic heterocycles. The fourth-order valence-electron chi connectivity index (χ4n) is 2.81. The molecule has 0 radical (unpaired) electrons. The van der Waals surface area contributed by atoms with Gasteiger partial charge in [-0.1, -0.05) is 0 Å². The Hall–Kier alpha value is -1.46. The van der Waals surface area contributed by atoms with Crippen LogP contribution in [0, 0.1) is 5.82 Å². The van der Waals surface area contributed by atoms with Gasteiger partial charge in [0.05, 0.1) is 18.8 Å². The van der Waals surface area contributed by atoms with Crippen molar-refractivity contribution in [2.45, 2.75) is 37.5 Å². The number of halogens is 1. The smallest absolute Gasteiger partial charge is 0.238 e. The summed E-state index contributed by atoms with van der Waals surface area (Å²) >= 11 is 0. The van der Waals surface area contributed by atoms with E-state index >= 15 is 0 Å². The SMILES string of the molecule is O=C(CNC1CC2CCC1O2)Nc1ccc(F)cc1. The van der Waals surface area contributed by atoms with Gasteiger partial charge < -0.3 is 15.4 Å². The molecule has 2 aliphatic rings. The number of carbonyl (C=O) groups excluding carboxylic acids is 1. The van der Waals surface area contributed by atoms with Crippen LogP contribution in [0.15, 0.2) is 24.3 Å². The molecule has 2 aliphatic heterocycles. The predicted octanol–water partition coefficient (Wildman–Crippen LogP) is 1.67. The lowest BCUT2D eigenvalue weighted by atomic mass is 9.95. The number of benzene rings is 1. The van der Waals surface area contributed by atoms with Crippen LogP contribution in [0.4, 0.5) is 10.1 Å². The third kappa shape index (κ3) is 2.93. The molecule has 2 N–H and O–H groups in total. The third-order valence-electron chi connectivity index (χ3n) is 3.76. The maximum atomic E-state index is 12.7. The van der Waals surface area contributed by atoms with Crippen LogP contribution in [0.25, 0.3) is 0 Å². The molecule has 0 aliphatic carbocycles. The van der Waals surface area contributed by atoms with Gasteiger partial charge in [-0.25, -0.2) is 4.39 Å². The minimum absolute atomic E-state index is 0.116. The zero-order valence-electron chi connectivity index (χ0n) is 10.6. The van der Waals surface area contributed by atoms with Crippen molar-refractivity contribution in [3.8, 4) is 0 Å². The van der Waals surface area contributed by atoms with E-state index in [4.69, 9.17) is 4.74 Å². The molecule has 1 amide bonds. The topological polar surface area (TPSA) is 50.4 Å². The largest absolute Gasteiger partial charge is 0.373 e. The van der Waals surface area contributed by atoms with Crippen LogP contribution in [0.5, 0.6) is 0 Å². The first-order chi connectivity index (χ1) is 9.20. The van der Waals surface area contributed by atoms with Crippen molar-refractivity contribution in [1.29, 1.82) is 0 Å². The summed E-state index contributed by atoms with van der Waals surface area (Å²) in [6.45, 7) is 0.259. The molecule has 3 rings (SSSR count). The molecule has 2 heterocycles. The van der Waals surface area contributed by atoms with Crippen LogP contribution in [0.1, 0.15) is 19.3 Å². The number of amides is 1. The lowest BCUT2D eigenvalue weighted by molar-refractivity contribution is -0.115. The fraction of sp³-hybridized carbons (Fsp3) is 0.500. The minimum atomic E-state index is -0.310. The van der Waals surface area contributed by atoms with Gasteiger partial charge in [0.1, 0.15) is 5.82 Å². The Balaban J connectivity index is 1.45. The molecule has 0 spiro atoms. The highest BCUT2D eigenvalue weighted by Gasteiger charge is 2.40. The lowest BCUT2D eigenvalue weighted by Crippen LogP contribution is -2.41. The second kappa shape index (κ2) is 5.27. The van der Waals surface area contributed by atoms with Gasteiger partial charge in [0.15, 0.2) is 0 Å². The Labute approximate surface area is 111 Å². The van der Waals surface area contributed by atoms with Crippen molar-refractivity contribution in [2.24, 2.45) is 0 Å². The van der Waals surface area contributed by atoms with E-state index < -0.39 is 0 Å². The van der Waals surface area contributed by atoms with Gasteiger partial charge in [-0.2, -0.15) is 0 Å². The normalized spacial score (nSPS) is 28.6. The highest BCUT2D eigenvalue weighted by molar-refractivity contribution is 5.92. The zero-order valence-corrected chi connectivity index (χ0v) is 10.6. The summed E-state index contributed by atoms with van der Waals surface area (Å²) in [5.74, 6) is -0.426. The summed E-state index contributed by atoms with van der Waals surface area (Å²) in [7, 11) is 0. The highest BCUT2D eigenvalue weighted by Crippen LogP contribution is 2.34. The number of fused-ring (bicyclic) bond motifs is 2. The number of anilines is 1. The van der Waals surface area contributed by atoms with E-state index in [1.54, 1.807) is 12.1 Å². The molecule has 3 atom stereocenters. The Morgan fingerprint density at radius 3 is 2.74 bits per heavy atom. The summed E-state index contributed by atoms with van der Waals surface area (Å²) in [6, 6.07) is 6.04. The second-order valence-corrected chi connectivity index (χ2v) is 5.15. The maximum absolute atomic E-state index is 12.7. The molecule has 2 saturated heterocycles. The van der Waals surface area contributed by atoms with Gasteiger partial charge in [0.25, 0.3) is 0 Å². The van der Waals surface area contributed by atoms with Crippen molar-refractivity contribution in [2.75, 3.05) is 11.9 Å². The van der Waals surface area contributed by atoms with Gasteiger partial charge in [-0.05, 0) is 43.5 Å². The van der Waals surface area contributed by atoms with Gasteiger partial charge in [-0.3, -0.25) is 4.79 Å². The summed E-state index contributed by atoms with van der Waals surface area (Å²) in [4.78, 5) is 11.8. The van der Waals surface area contributed by atoms with Gasteiger partial charge in [-0.15, -0.1) is 0 Å². The Morgan fingerprint density at radius 2 is 2.11 bits per heavy atom. The van der Waals surface area contributed by atoms with Crippen LogP contribution in [-0.4, -0.2) is 30.7 Å². The third-order valence-corrected chi connectivity index (χ3v) is 3.76. The van der Waals surface area contributed by atoms with E-state index in [1.165, 1.54) is 12.1 Å². The summed E-state index contributed by atoms with van der Waals surface area (Å²) in [5, 5.41) is 5.96. The molecule has 1 aromatic carbocycles. The fourth-order valence-corrected chi connectivity index (χ4v) is 2.81. The van der Waals surface area contributed by atoms with Gasteiger partial charge >= 0.3 is 0 Å². The first-order valence-corrected chi connectivity index (χ1v) is 6.65. The summed E-state index contributed by atoms with van der Waals surface area (Å²) in [6.07, 6.45) is 3.87. The summed E-state index contributed by atoms with van der Waals surface area (Å²) in [5.41, 5.74) is 0.609. The first-order valence-electron chi connectivity index (χ1n) is 6.65. The summed E-state index contributed by atoms with van der Waals surface area (Å²) < 4.78 is 18.4. The number of ether oxygens (including phenoxy) is 1. The van der Waals surface area contributed by atoms with Gasteiger partial charge in [0.2, 0.25) is 5.91 Å². The van der Waals surface area contributed by atoms with Crippen molar-refractivity contribution in [3.05, 3.63) is 30.1 Å². The molecular formula is C14H17FN2O2. The van der Waals surface area contributed by atoms with Crippen LogP contribution in [0.3, 0.4) is 0 Å². The van der Waals surface area contributed by atoms with E-state index in [1.807, 2.05) is 0 Å². The van der Waals surface area contributed by atoms with Crippen molar-refractivity contribution in [3.63, 3.8) is 0 Å².